The van der Waals surface area contributed by atoms with Crippen LogP contribution in [0.5, 0.6) is 0 Å². The van der Waals surface area contributed by atoms with Crippen molar-refractivity contribution in [1.29, 1.82) is 0 Å². The van der Waals surface area contributed by atoms with Crippen LogP contribution in [-0.4, -0.2) is 4.98 Å². The molecule has 0 saturated carbocycles. The predicted octanol–water partition coefficient (Wildman–Crippen LogP) is 4.27. The lowest BCUT2D eigenvalue weighted by Gasteiger charge is -1.96. The minimum atomic E-state index is 1.06. The lowest BCUT2D eigenvalue weighted by Crippen LogP contribution is -1.79. The summed E-state index contributed by atoms with van der Waals surface area (Å²) in [4.78, 5) is 5.62. The Labute approximate surface area is 98.4 Å². The van der Waals surface area contributed by atoms with E-state index in [2.05, 4.69) is 47.4 Å². The number of fused-ring (bicyclic) bond motifs is 1. The second-order valence-electron chi connectivity index (χ2n) is 3.84. The first kappa shape index (κ1) is 9.55. The van der Waals surface area contributed by atoms with E-state index < -0.39 is 0 Å². The third kappa shape index (κ3) is 1.61. The van der Waals surface area contributed by atoms with Gasteiger partial charge in [-0.25, -0.2) is 0 Å². The molecule has 3 aromatic rings. The van der Waals surface area contributed by atoms with Gasteiger partial charge in [0, 0.05) is 27.0 Å². The fraction of sp³-hybridized carbons (Fsp3) is 0.0714. The third-order valence-corrected chi connectivity index (χ3v) is 3.79. The van der Waals surface area contributed by atoms with Crippen LogP contribution >= 0.6 is 11.3 Å². The Morgan fingerprint density at radius 1 is 1.06 bits per heavy atom. The Balaban J connectivity index is 2.15. The molecule has 0 fully saturated rings. The van der Waals surface area contributed by atoms with Crippen LogP contribution in [-0.2, 0) is 0 Å². The molecular formula is C14H11NS. The van der Waals surface area contributed by atoms with Crippen LogP contribution in [0.4, 0.5) is 0 Å². The van der Waals surface area contributed by atoms with Crippen molar-refractivity contribution in [2.45, 2.75) is 6.92 Å². The van der Waals surface area contributed by atoms with Crippen LogP contribution in [0.15, 0.2) is 48.7 Å². The summed E-state index contributed by atoms with van der Waals surface area (Å²) in [5.41, 5.74) is 2.26. The first-order chi connectivity index (χ1) is 7.83. The summed E-state index contributed by atoms with van der Waals surface area (Å²) < 4.78 is 1.33. The molecule has 0 amide bonds. The van der Waals surface area contributed by atoms with Crippen LogP contribution in [0.1, 0.15) is 5.69 Å². The van der Waals surface area contributed by atoms with Crippen LogP contribution in [0.2, 0.25) is 0 Å². The summed E-state index contributed by atoms with van der Waals surface area (Å²) in [7, 11) is 0. The first-order valence-corrected chi connectivity index (χ1v) is 6.06. The Kier molecular flexibility index (Phi) is 2.22. The molecule has 0 spiro atoms. The summed E-state index contributed by atoms with van der Waals surface area (Å²) in [5.74, 6) is 0. The van der Waals surface area contributed by atoms with Gasteiger partial charge in [0.15, 0.2) is 0 Å². The van der Waals surface area contributed by atoms with Crippen molar-refractivity contribution in [2.24, 2.45) is 0 Å². The van der Waals surface area contributed by atoms with Crippen LogP contribution in [0.3, 0.4) is 0 Å². The molecule has 0 N–H and O–H groups in total. The molecule has 16 heavy (non-hydrogen) atoms. The maximum atomic E-state index is 4.33. The molecule has 1 aromatic carbocycles. The number of nitrogens with zero attached hydrogens (tertiary/aromatic N) is 1. The monoisotopic (exact) mass is 225 g/mol. The van der Waals surface area contributed by atoms with Gasteiger partial charge >= 0.3 is 0 Å². The molecule has 2 aromatic heterocycles. The first-order valence-electron chi connectivity index (χ1n) is 5.24. The van der Waals surface area contributed by atoms with E-state index in [9.17, 15) is 0 Å². The molecule has 0 aliphatic heterocycles. The lowest BCUT2D eigenvalue weighted by atomic mass is 10.2. The SMILES string of the molecule is Cc1ccc(-c2cc3ccccc3s2)cn1. The van der Waals surface area contributed by atoms with Gasteiger partial charge in [-0.05, 0) is 30.5 Å². The summed E-state index contributed by atoms with van der Waals surface area (Å²) in [5, 5.41) is 1.31. The number of hydrogen-bond acceptors (Lipinski definition) is 2. The molecular weight excluding hydrogens is 214 g/mol. The zero-order valence-corrected chi connectivity index (χ0v) is 9.79. The topological polar surface area (TPSA) is 12.9 Å². The van der Waals surface area contributed by atoms with Crippen molar-refractivity contribution >= 4 is 21.4 Å². The predicted molar refractivity (Wildman–Crippen MR) is 69.8 cm³/mol. The number of aromatic nitrogens is 1. The summed E-state index contributed by atoms with van der Waals surface area (Å²) in [6, 6.07) is 14.9. The van der Waals surface area contributed by atoms with Gasteiger partial charge in [-0.3, -0.25) is 4.98 Å². The van der Waals surface area contributed by atoms with Gasteiger partial charge in [0.2, 0.25) is 0 Å². The van der Waals surface area contributed by atoms with E-state index in [1.54, 1.807) is 0 Å². The summed E-state index contributed by atoms with van der Waals surface area (Å²) >= 11 is 1.82. The molecule has 0 atom stereocenters. The molecule has 0 aliphatic carbocycles. The fourth-order valence-corrected chi connectivity index (χ4v) is 2.79. The number of hydrogen-bond donors (Lipinski definition) is 0. The van der Waals surface area contributed by atoms with Crippen molar-refractivity contribution < 1.29 is 0 Å². The van der Waals surface area contributed by atoms with Crippen LogP contribution < -0.4 is 0 Å². The number of rotatable bonds is 1. The number of thiophene rings is 1. The molecule has 1 nitrogen and oxygen atoms in total. The molecule has 78 valence electrons. The van der Waals surface area contributed by atoms with Crippen molar-refractivity contribution in [3.63, 3.8) is 0 Å². The van der Waals surface area contributed by atoms with E-state index in [1.807, 2.05) is 24.5 Å². The molecule has 0 bridgehead atoms. The second kappa shape index (κ2) is 3.72. The highest BCUT2D eigenvalue weighted by Gasteiger charge is 2.03. The molecule has 0 unspecified atom stereocenters. The minimum Gasteiger partial charge on any atom is -0.261 e. The highest BCUT2D eigenvalue weighted by Crippen LogP contribution is 2.32. The molecule has 3 rings (SSSR count). The van der Waals surface area contributed by atoms with Gasteiger partial charge < -0.3 is 0 Å². The smallest absolute Gasteiger partial charge is 0.0373 e. The second-order valence-corrected chi connectivity index (χ2v) is 4.92. The molecule has 2 heteroatoms. The normalized spacial score (nSPS) is 10.8. The van der Waals surface area contributed by atoms with Gasteiger partial charge in [-0.2, -0.15) is 0 Å². The van der Waals surface area contributed by atoms with Crippen molar-refractivity contribution in [2.75, 3.05) is 0 Å². The molecule has 2 heterocycles. The maximum absolute atomic E-state index is 4.33. The molecule has 0 radical (unpaired) electrons. The molecule has 0 saturated heterocycles. The molecule has 0 aliphatic rings. The van der Waals surface area contributed by atoms with Crippen molar-refractivity contribution in [3.05, 3.63) is 54.4 Å². The van der Waals surface area contributed by atoms with E-state index in [-0.39, 0.29) is 0 Å². The van der Waals surface area contributed by atoms with Crippen molar-refractivity contribution in [3.8, 4) is 10.4 Å². The Morgan fingerprint density at radius 2 is 1.94 bits per heavy atom. The number of benzene rings is 1. The Bertz CT molecular complexity index is 590. The van der Waals surface area contributed by atoms with Gasteiger partial charge in [-0.15, -0.1) is 11.3 Å². The van der Waals surface area contributed by atoms with Crippen molar-refractivity contribution in [1.82, 2.24) is 4.98 Å². The largest absolute Gasteiger partial charge is 0.261 e. The van der Waals surface area contributed by atoms with E-state index >= 15 is 0 Å². The minimum absolute atomic E-state index is 1.06. The number of pyridine rings is 1. The zero-order chi connectivity index (χ0) is 11.0. The van der Waals surface area contributed by atoms with E-state index in [0.717, 1.165) is 5.69 Å². The summed E-state index contributed by atoms with van der Waals surface area (Å²) in [6.45, 7) is 2.01. The lowest BCUT2D eigenvalue weighted by molar-refractivity contribution is 1.20. The maximum Gasteiger partial charge on any atom is 0.0373 e. The quantitative estimate of drug-likeness (QED) is 0.602. The highest BCUT2D eigenvalue weighted by atomic mass is 32.1. The fourth-order valence-electron chi connectivity index (χ4n) is 1.74. The van der Waals surface area contributed by atoms with Crippen LogP contribution in [0, 0.1) is 6.92 Å². The summed E-state index contributed by atoms with van der Waals surface area (Å²) in [6.07, 6.45) is 1.94. The third-order valence-electron chi connectivity index (χ3n) is 2.62. The van der Waals surface area contributed by atoms with E-state index in [0.29, 0.717) is 0 Å². The van der Waals surface area contributed by atoms with E-state index in [4.69, 9.17) is 0 Å². The standard InChI is InChI=1S/C14H11NS/c1-10-6-7-12(9-15-10)14-8-11-4-2-3-5-13(11)16-14/h2-9H,1H3. The average Bonchev–Trinajstić information content (AvgIpc) is 2.73. The zero-order valence-electron chi connectivity index (χ0n) is 8.97. The number of aryl methyl sites for hydroxylation is 1. The Morgan fingerprint density at radius 3 is 2.69 bits per heavy atom. The van der Waals surface area contributed by atoms with Crippen LogP contribution in [0.25, 0.3) is 20.5 Å². The Hall–Kier alpha value is -1.67. The van der Waals surface area contributed by atoms with Gasteiger partial charge in [-0.1, -0.05) is 24.3 Å². The highest BCUT2D eigenvalue weighted by molar-refractivity contribution is 7.22. The van der Waals surface area contributed by atoms with Gasteiger partial charge in [0.25, 0.3) is 0 Å². The van der Waals surface area contributed by atoms with Gasteiger partial charge in [0.1, 0.15) is 0 Å². The average molecular weight is 225 g/mol. The van der Waals surface area contributed by atoms with E-state index in [1.165, 1.54) is 20.5 Å². The van der Waals surface area contributed by atoms with Gasteiger partial charge in [0.05, 0.1) is 0 Å².